The van der Waals surface area contributed by atoms with E-state index in [1.165, 1.54) is 0 Å². The molecule has 1 saturated carbocycles. The van der Waals surface area contributed by atoms with Gasteiger partial charge in [0.25, 0.3) is 0 Å². The van der Waals surface area contributed by atoms with Gasteiger partial charge >= 0.3 is 0 Å². The number of hydrogen-bond donors (Lipinski definition) is 1. The molecule has 2 aliphatic rings. The normalized spacial score (nSPS) is 27.7. The molecule has 3 rings (SSSR count). The molecule has 0 aromatic heterocycles. The van der Waals surface area contributed by atoms with E-state index in [0.717, 1.165) is 11.3 Å². The summed E-state index contributed by atoms with van der Waals surface area (Å²) in [5, 5.41) is 2.89. The third-order valence-corrected chi connectivity index (χ3v) is 4.31. The lowest BCUT2D eigenvalue weighted by molar-refractivity contribution is -0.135. The van der Waals surface area contributed by atoms with E-state index in [2.05, 4.69) is 5.32 Å². The fourth-order valence-corrected chi connectivity index (χ4v) is 3.07. The lowest BCUT2D eigenvalue weighted by Gasteiger charge is -2.21. The molecule has 2 amide bonds. The number of carbonyl (C=O) groups excluding carboxylic acids is 2. The first-order valence-corrected chi connectivity index (χ1v) is 7.15. The minimum atomic E-state index is -0.783. The Labute approximate surface area is 119 Å². The Morgan fingerprint density at radius 2 is 2.00 bits per heavy atom. The number of hydrogen-bond acceptors (Lipinski definition) is 2. The Morgan fingerprint density at radius 1 is 1.35 bits per heavy atom. The highest BCUT2D eigenvalue weighted by Gasteiger charge is 2.71. The maximum Gasteiger partial charge on any atom is 0.243 e. The number of anilines is 1. The second-order valence-electron chi connectivity index (χ2n) is 6.25. The summed E-state index contributed by atoms with van der Waals surface area (Å²) in [6, 6.07) is 7.96. The van der Waals surface area contributed by atoms with Crippen LogP contribution in [0.1, 0.15) is 25.8 Å². The van der Waals surface area contributed by atoms with Gasteiger partial charge < -0.3 is 10.2 Å². The number of fused-ring (bicyclic) bond motifs is 1. The van der Waals surface area contributed by atoms with Crippen LogP contribution in [0.5, 0.6) is 0 Å². The lowest BCUT2D eigenvalue weighted by atomic mass is 10.0. The van der Waals surface area contributed by atoms with E-state index in [9.17, 15) is 9.59 Å². The van der Waals surface area contributed by atoms with Crippen molar-refractivity contribution in [3.05, 3.63) is 29.8 Å². The molecule has 1 aliphatic carbocycles. The van der Waals surface area contributed by atoms with Crippen molar-refractivity contribution < 1.29 is 9.59 Å². The Hall–Kier alpha value is -1.84. The molecule has 4 nitrogen and oxygen atoms in total. The van der Waals surface area contributed by atoms with Crippen LogP contribution in [0.15, 0.2) is 24.3 Å². The summed E-state index contributed by atoms with van der Waals surface area (Å²) in [5.74, 6) is 0.0386. The van der Waals surface area contributed by atoms with Gasteiger partial charge in [-0.05, 0) is 39.3 Å². The number of aryl methyl sites for hydroxylation is 1. The smallest absolute Gasteiger partial charge is 0.243 e. The first-order chi connectivity index (χ1) is 9.45. The zero-order valence-corrected chi connectivity index (χ0v) is 12.1. The molecule has 2 atom stereocenters. The predicted molar refractivity (Wildman–Crippen MR) is 77.4 cm³/mol. The number of benzene rings is 1. The minimum absolute atomic E-state index is 0.0375. The van der Waals surface area contributed by atoms with Crippen LogP contribution in [0, 0.1) is 18.3 Å². The number of piperidine rings is 1. The average Bonchev–Trinajstić information content (AvgIpc) is 3.04. The quantitative estimate of drug-likeness (QED) is 0.854. The highest BCUT2D eigenvalue weighted by molar-refractivity contribution is 6.17. The van der Waals surface area contributed by atoms with Crippen molar-refractivity contribution in [2.24, 2.45) is 11.3 Å². The third kappa shape index (κ3) is 1.82. The van der Waals surface area contributed by atoms with Gasteiger partial charge in [-0.3, -0.25) is 9.59 Å². The van der Waals surface area contributed by atoms with Crippen LogP contribution in [0.4, 0.5) is 5.69 Å². The zero-order valence-electron chi connectivity index (χ0n) is 12.1. The summed E-state index contributed by atoms with van der Waals surface area (Å²) in [7, 11) is 0. The van der Waals surface area contributed by atoms with Crippen molar-refractivity contribution in [2.45, 2.75) is 33.2 Å². The Bertz CT molecular complexity index is 564. The number of amides is 2. The minimum Gasteiger partial charge on any atom is -0.353 e. The highest BCUT2D eigenvalue weighted by atomic mass is 16.2. The molecule has 2 fully saturated rings. The van der Waals surface area contributed by atoms with Crippen molar-refractivity contribution in [2.75, 3.05) is 11.4 Å². The van der Waals surface area contributed by atoms with Gasteiger partial charge in [0.1, 0.15) is 5.41 Å². The molecule has 4 heteroatoms. The summed E-state index contributed by atoms with van der Waals surface area (Å²) >= 11 is 0. The molecule has 2 unspecified atom stereocenters. The van der Waals surface area contributed by atoms with E-state index >= 15 is 0 Å². The summed E-state index contributed by atoms with van der Waals surface area (Å²) in [6.07, 6.45) is 0.701. The van der Waals surface area contributed by atoms with Gasteiger partial charge in [0.05, 0.1) is 0 Å². The second kappa shape index (κ2) is 4.33. The maximum atomic E-state index is 12.6. The number of nitrogens with zero attached hydrogens (tertiary/aromatic N) is 1. The topological polar surface area (TPSA) is 49.4 Å². The van der Waals surface area contributed by atoms with Crippen LogP contribution < -0.4 is 10.2 Å². The molecule has 0 spiro atoms. The molecular formula is C16H20N2O2. The largest absolute Gasteiger partial charge is 0.353 e. The van der Waals surface area contributed by atoms with Gasteiger partial charge in [-0.2, -0.15) is 0 Å². The number of carbonyl (C=O) groups is 2. The lowest BCUT2D eigenvalue weighted by Crippen LogP contribution is -2.43. The van der Waals surface area contributed by atoms with Gasteiger partial charge in [0, 0.05) is 24.2 Å². The van der Waals surface area contributed by atoms with E-state index in [0.29, 0.717) is 13.0 Å². The van der Waals surface area contributed by atoms with E-state index < -0.39 is 5.41 Å². The molecule has 0 bridgehead atoms. The molecule has 1 aromatic rings. The van der Waals surface area contributed by atoms with Crippen molar-refractivity contribution in [3.8, 4) is 0 Å². The first kappa shape index (κ1) is 13.2. The second-order valence-corrected chi connectivity index (χ2v) is 6.25. The standard InChI is InChI=1S/C16H20N2O2/c1-10(2)17-14(19)16-8-12(16)9-18(15(16)20)13-6-4-11(3)5-7-13/h4-7,10,12H,8-9H2,1-3H3,(H,17,19). The van der Waals surface area contributed by atoms with Gasteiger partial charge in [0.15, 0.2) is 0 Å². The molecule has 1 N–H and O–H groups in total. The Morgan fingerprint density at radius 3 is 2.60 bits per heavy atom. The molecule has 1 aliphatic heterocycles. The van der Waals surface area contributed by atoms with Crippen LogP contribution in [-0.4, -0.2) is 24.4 Å². The number of nitrogens with one attached hydrogen (secondary N) is 1. The monoisotopic (exact) mass is 272 g/mol. The van der Waals surface area contributed by atoms with Crippen LogP contribution in [0.2, 0.25) is 0 Å². The molecule has 0 radical (unpaired) electrons. The van der Waals surface area contributed by atoms with Crippen LogP contribution in [0.25, 0.3) is 0 Å². The molecule has 1 heterocycles. The van der Waals surface area contributed by atoms with E-state index in [1.54, 1.807) is 4.90 Å². The maximum absolute atomic E-state index is 12.6. The SMILES string of the molecule is Cc1ccc(N2CC3CC3(C(=O)NC(C)C)C2=O)cc1. The summed E-state index contributed by atoms with van der Waals surface area (Å²) in [6.45, 7) is 6.52. The Balaban J connectivity index is 1.82. The molecule has 1 aromatic carbocycles. The van der Waals surface area contributed by atoms with Crippen molar-refractivity contribution in [3.63, 3.8) is 0 Å². The fraction of sp³-hybridized carbons (Fsp3) is 0.500. The van der Waals surface area contributed by atoms with Crippen molar-refractivity contribution in [1.82, 2.24) is 5.32 Å². The van der Waals surface area contributed by atoms with Crippen LogP contribution >= 0.6 is 0 Å². The van der Waals surface area contributed by atoms with E-state index in [4.69, 9.17) is 0 Å². The number of rotatable bonds is 3. The van der Waals surface area contributed by atoms with Crippen LogP contribution in [0.3, 0.4) is 0 Å². The van der Waals surface area contributed by atoms with Gasteiger partial charge in [-0.15, -0.1) is 0 Å². The molecule has 106 valence electrons. The highest BCUT2D eigenvalue weighted by Crippen LogP contribution is 2.59. The van der Waals surface area contributed by atoms with Crippen molar-refractivity contribution >= 4 is 17.5 Å². The van der Waals surface area contributed by atoms with E-state index in [-0.39, 0.29) is 23.8 Å². The van der Waals surface area contributed by atoms with Gasteiger partial charge in [0.2, 0.25) is 11.8 Å². The fourth-order valence-electron chi connectivity index (χ4n) is 3.07. The summed E-state index contributed by atoms with van der Waals surface area (Å²) in [5.41, 5.74) is 1.28. The zero-order chi connectivity index (χ0) is 14.5. The summed E-state index contributed by atoms with van der Waals surface area (Å²) in [4.78, 5) is 26.7. The van der Waals surface area contributed by atoms with E-state index in [1.807, 2.05) is 45.0 Å². The molecule has 20 heavy (non-hydrogen) atoms. The Kier molecular flexibility index (Phi) is 2.85. The van der Waals surface area contributed by atoms with Gasteiger partial charge in [-0.25, -0.2) is 0 Å². The first-order valence-electron chi connectivity index (χ1n) is 7.15. The van der Waals surface area contributed by atoms with Gasteiger partial charge in [-0.1, -0.05) is 17.7 Å². The van der Waals surface area contributed by atoms with Crippen molar-refractivity contribution in [1.29, 1.82) is 0 Å². The molecule has 1 saturated heterocycles. The molecular weight excluding hydrogens is 252 g/mol. The summed E-state index contributed by atoms with van der Waals surface area (Å²) < 4.78 is 0. The average molecular weight is 272 g/mol. The van der Waals surface area contributed by atoms with Crippen LogP contribution in [-0.2, 0) is 9.59 Å². The third-order valence-electron chi connectivity index (χ3n) is 4.31. The predicted octanol–water partition coefficient (Wildman–Crippen LogP) is 1.87.